The van der Waals surface area contributed by atoms with Gasteiger partial charge in [-0.25, -0.2) is 0 Å². The Labute approximate surface area is 186 Å². The second kappa shape index (κ2) is 9.79. The molecule has 2 heterocycles. The molecular formula is C23H28N4OS2. The lowest BCUT2D eigenvalue weighted by atomic mass is 10.0. The predicted molar refractivity (Wildman–Crippen MR) is 125 cm³/mol. The highest BCUT2D eigenvalue weighted by atomic mass is 32.2. The molecule has 0 atom stereocenters. The molecule has 0 radical (unpaired) electrons. The van der Waals surface area contributed by atoms with Crippen molar-refractivity contribution < 1.29 is 4.79 Å². The van der Waals surface area contributed by atoms with Crippen molar-refractivity contribution in [1.82, 2.24) is 20.1 Å². The van der Waals surface area contributed by atoms with E-state index < -0.39 is 0 Å². The molecule has 7 heteroatoms. The number of nitrogens with one attached hydrogen (secondary N) is 1. The molecule has 30 heavy (non-hydrogen) atoms. The maximum atomic E-state index is 12.4. The van der Waals surface area contributed by atoms with Crippen LogP contribution in [-0.2, 0) is 11.8 Å². The summed E-state index contributed by atoms with van der Waals surface area (Å²) >= 11 is 3.18. The van der Waals surface area contributed by atoms with Crippen molar-refractivity contribution in [2.45, 2.75) is 56.6 Å². The van der Waals surface area contributed by atoms with Gasteiger partial charge in [0.25, 0.3) is 0 Å². The van der Waals surface area contributed by atoms with E-state index in [1.165, 1.54) is 53.4 Å². The van der Waals surface area contributed by atoms with Crippen LogP contribution < -0.4 is 5.32 Å². The molecule has 1 N–H and O–H groups in total. The number of amides is 1. The Morgan fingerprint density at radius 3 is 2.63 bits per heavy atom. The van der Waals surface area contributed by atoms with Gasteiger partial charge in [0.15, 0.2) is 11.0 Å². The SMILES string of the molecule is Cc1scc(-c2nnc(SCC(=O)NC3CCCCCC3)n2C)c1-c1ccccc1. The topological polar surface area (TPSA) is 59.8 Å². The van der Waals surface area contributed by atoms with E-state index in [2.05, 4.69) is 52.1 Å². The molecule has 5 nitrogen and oxygen atoms in total. The smallest absolute Gasteiger partial charge is 0.230 e. The van der Waals surface area contributed by atoms with Crippen LogP contribution in [0.2, 0.25) is 0 Å². The average molecular weight is 441 g/mol. The minimum Gasteiger partial charge on any atom is -0.353 e. The van der Waals surface area contributed by atoms with Gasteiger partial charge in [-0.15, -0.1) is 21.5 Å². The number of thiophene rings is 1. The van der Waals surface area contributed by atoms with E-state index in [4.69, 9.17) is 0 Å². The molecule has 0 spiro atoms. The first-order valence-corrected chi connectivity index (χ1v) is 12.5. The monoisotopic (exact) mass is 440 g/mol. The molecule has 0 saturated heterocycles. The third-order valence-corrected chi connectivity index (χ3v) is 7.60. The summed E-state index contributed by atoms with van der Waals surface area (Å²) in [5.41, 5.74) is 3.48. The molecular weight excluding hydrogens is 412 g/mol. The number of thioether (sulfide) groups is 1. The van der Waals surface area contributed by atoms with Gasteiger partial charge in [-0.1, -0.05) is 67.8 Å². The van der Waals surface area contributed by atoms with Crippen LogP contribution >= 0.6 is 23.1 Å². The molecule has 1 aliphatic carbocycles. The molecule has 3 aromatic rings. The normalized spacial score (nSPS) is 15.1. The molecule has 1 fully saturated rings. The molecule has 1 saturated carbocycles. The largest absolute Gasteiger partial charge is 0.353 e. The summed E-state index contributed by atoms with van der Waals surface area (Å²) in [7, 11) is 1.97. The lowest BCUT2D eigenvalue weighted by Gasteiger charge is -2.15. The second-order valence-electron chi connectivity index (χ2n) is 7.86. The van der Waals surface area contributed by atoms with E-state index in [-0.39, 0.29) is 5.91 Å². The second-order valence-corrected chi connectivity index (χ2v) is 9.88. The van der Waals surface area contributed by atoms with Crippen LogP contribution in [0.25, 0.3) is 22.5 Å². The Balaban J connectivity index is 1.45. The van der Waals surface area contributed by atoms with Gasteiger partial charge < -0.3 is 9.88 Å². The summed E-state index contributed by atoms with van der Waals surface area (Å²) in [4.78, 5) is 13.7. The van der Waals surface area contributed by atoms with Crippen LogP contribution in [0.3, 0.4) is 0 Å². The fraction of sp³-hybridized carbons (Fsp3) is 0.435. The third kappa shape index (κ3) is 4.78. The van der Waals surface area contributed by atoms with Gasteiger partial charge in [-0.05, 0) is 25.3 Å². The molecule has 0 aliphatic heterocycles. The van der Waals surface area contributed by atoms with Crippen LogP contribution in [0.15, 0.2) is 40.9 Å². The zero-order chi connectivity index (χ0) is 20.9. The number of aromatic nitrogens is 3. The van der Waals surface area contributed by atoms with Gasteiger partial charge in [0.2, 0.25) is 5.91 Å². The number of hydrogen-bond acceptors (Lipinski definition) is 5. The number of rotatable bonds is 6. The summed E-state index contributed by atoms with van der Waals surface area (Å²) in [5.74, 6) is 1.30. The van der Waals surface area contributed by atoms with Gasteiger partial charge >= 0.3 is 0 Å². The van der Waals surface area contributed by atoms with Gasteiger partial charge in [0.1, 0.15) is 0 Å². The van der Waals surface area contributed by atoms with E-state index in [9.17, 15) is 4.79 Å². The van der Waals surface area contributed by atoms with Crippen molar-refractivity contribution in [3.8, 4) is 22.5 Å². The Morgan fingerprint density at radius 2 is 1.90 bits per heavy atom. The first-order chi connectivity index (χ1) is 14.6. The quantitative estimate of drug-likeness (QED) is 0.409. The van der Waals surface area contributed by atoms with E-state index in [0.29, 0.717) is 11.8 Å². The van der Waals surface area contributed by atoms with Crippen LogP contribution in [0.1, 0.15) is 43.4 Å². The highest BCUT2D eigenvalue weighted by Crippen LogP contribution is 2.38. The third-order valence-electron chi connectivity index (χ3n) is 5.67. The zero-order valence-electron chi connectivity index (χ0n) is 17.6. The minimum absolute atomic E-state index is 0.0906. The summed E-state index contributed by atoms with van der Waals surface area (Å²) in [6.07, 6.45) is 7.21. The summed E-state index contributed by atoms with van der Waals surface area (Å²) in [6.45, 7) is 2.14. The summed E-state index contributed by atoms with van der Waals surface area (Å²) < 4.78 is 2.00. The van der Waals surface area contributed by atoms with Crippen molar-refractivity contribution >= 4 is 29.0 Å². The average Bonchev–Trinajstić information content (AvgIpc) is 3.19. The number of nitrogens with zero attached hydrogens (tertiary/aromatic N) is 3. The van der Waals surface area contributed by atoms with Crippen molar-refractivity contribution in [2.24, 2.45) is 7.05 Å². The Morgan fingerprint density at radius 1 is 1.17 bits per heavy atom. The van der Waals surface area contributed by atoms with E-state index >= 15 is 0 Å². The molecule has 1 aliphatic rings. The number of carbonyl (C=O) groups is 1. The molecule has 4 rings (SSSR count). The number of carbonyl (C=O) groups excluding carboxylic acids is 1. The summed E-state index contributed by atoms with van der Waals surface area (Å²) in [5, 5.41) is 14.9. The fourth-order valence-electron chi connectivity index (χ4n) is 4.08. The highest BCUT2D eigenvalue weighted by Gasteiger charge is 2.20. The highest BCUT2D eigenvalue weighted by molar-refractivity contribution is 7.99. The van der Waals surface area contributed by atoms with Crippen LogP contribution in [0.5, 0.6) is 0 Å². The Bertz CT molecular complexity index is 988. The number of hydrogen-bond donors (Lipinski definition) is 1. The van der Waals surface area contributed by atoms with E-state index in [0.717, 1.165) is 29.4 Å². The Kier molecular flexibility index (Phi) is 6.89. The van der Waals surface area contributed by atoms with Gasteiger partial charge in [-0.3, -0.25) is 4.79 Å². The number of benzene rings is 1. The van der Waals surface area contributed by atoms with E-state index in [1.807, 2.05) is 17.7 Å². The lowest BCUT2D eigenvalue weighted by molar-refractivity contribution is -0.119. The van der Waals surface area contributed by atoms with E-state index in [1.54, 1.807) is 11.3 Å². The fourth-order valence-corrected chi connectivity index (χ4v) is 5.67. The predicted octanol–water partition coefficient (Wildman–Crippen LogP) is 5.45. The van der Waals surface area contributed by atoms with Crippen molar-refractivity contribution in [2.75, 3.05) is 5.75 Å². The standard InChI is InChI=1S/C23H28N4OS2/c1-16-21(17-10-6-5-7-11-17)19(14-29-16)22-25-26-23(27(22)2)30-15-20(28)24-18-12-8-3-4-9-13-18/h5-7,10-11,14,18H,3-4,8-9,12-13,15H2,1-2H3,(H,24,28). The first-order valence-electron chi connectivity index (χ1n) is 10.6. The maximum absolute atomic E-state index is 12.4. The molecule has 2 aromatic heterocycles. The van der Waals surface area contributed by atoms with Crippen LogP contribution in [0.4, 0.5) is 0 Å². The molecule has 1 amide bonds. The molecule has 0 bridgehead atoms. The number of aryl methyl sites for hydroxylation is 1. The molecule has 158 valence electrons. The summed E-state index contributed by atoms with van der Waals surface area (Å²) in [6, 6.07) is 10.7. The van der Waals surface area contributed by atoms with Crippen molar-refractivity contribution in [1.29, 1.82) is 0 Å². The Hall–Kier alpha value is -2.12. The molecule has 1 aromatic carbocycles. The van der Waals surface area contributed by atoms with Crippen molar-refractivity contribution in [3.63, 3.8) is 0 Å². The zero-order valence-corrected chi connectivity index (χ0v) is 19.2. The van der Waals surface area contributed by atoms with Crippen molar-refractivity contribution in [3.05, 3.63) is 40.6 Å². The lowest BCUT2D eigenvalue weighted by Crippen LogP contribution is -2.35. The van der Waals surface area contributed by atoms with Gasteiger partial charge in [-0.2, -0.15) is 0 Å². The van der Waals surface area contributed by atoms with Crippen LogP contribution in [-0.4, -0.2) is 32.5 Å². The maximum Gasteiger partial charge on any atom is 0.230 e. The molecule has 0 unspecified atom stereocenters. The van der Waals surface area contributed by atoms with Gasteiger partial charge in [0, 0.05) is 34.5 Å². The van der Waals surface area contributed by atoms with Gasteiger partial charge in [0.05, 0.1) is 5.75 Å². The minimum atomic E-state index is 0.0906. The first kappa shape index (κ1) is 21.1. The van der Waals surface area contributed by atoms with Crippen LogP contribution in [0, 0.1) is 6.92 Å².